The van der Waals surface area contributed by atoms with Crippen molar-refractivity contribution in [3.63, 3.8) is 0 Å². The average Bonchev–Trinajstić information content (AvgIpc) is 3.15. The van der Waals surface area contributed by atoms with Crippen LogP contribution < -0.4 is 4.90 Å². The molecule has 0 aromatic heterocycles. The van der Waals surface area contributed by atoms with E-state index in [1.54, 1.807) is 0 Å². The molecule has 0 amide bonds. The van der Waals surface area contributed by atoms with Gasteiger partial charge in [0.15, 0.2) is 0 Å². The molecule has 6 aromatic rings. The molecule has 1 heteroatoms. The number of rotatable bonds is 8. The Balaban J connectivity index is 1.05. The standard InChI is InChI=1S/C46H39N/c1-3-13-39(14-4-1)45(44-23-11-17-37-15-7-9-21-42(37)44)33-34-25-27-35(28-26-34)36-29-31-41(32-30-36)47(40-19-5-2-6-20-40)46-24-12-18-38-16-8-10-22-43(38)46/h1-13,15-27,29-32,35,39,45H,14,28,33H2. The van der Waals surface area contributed by atoms with E-state index in [1.807, 2.05) is 0 Å². The summed E-state index contributed by atoms with van der Waals surface area (Å²) in [7, 11) is 0. The quantitative estimate of drug-likeness (QED) is 0.167. The number of hydrogen-bond acceptors (Lipinski definition) is 1. The van der Waals surface area contributed by atoms with Crippen LogP contribution in [-0.4, -0.2) is 0 Å². The van der Waals surface area contributed by atoms with Crippen LogP contribution in [0.4, 0.5) is 17.1 Å². The van der Waals surface area contributed by atoms with Crippen molar-refractivity contribution in [3.05, 3.63) is 199 Å². The lowest BCUT2D eigenvalue weighted by Crippen LogP contribution is -2.14. The maximum atomic E-state index is 2.49. The highest BCUT2D eigenvalue weighted by molar-refractivity contribution is 5.98. The van der Waals surface area contributed by atoms with Crippen LogP contribution in [-0.2, 0) is 0 Å². The molecule has 0 fully saturated rings. The first-order valence-electron chi connectivity index (χ1n) is 16.9. The Hall–Kier alpha value is -5.40. The number of benzene rings is 6. The fourth-order valence-electron chi connectivity index (χ4n) is 7.56. The minimum absolute atomic E-state index is 0.379. The van der Waals surface area contributed by atoms with Gasteiger partial charge in [-0.25, -0.2) is 0 Å². The van der Waals surface area contributed by atoms with Gasteiger partial charge in [-0.2, -0.15) is 0 Å². The van der Waals surface area contributed by atoms with Crippen molar-refractivity contribution >= 4 is 38.6 Å². The normalized spacial score (nSPS) is 17.9. The SMILES string of the molecule is C1=CCC(C(CC2=CCC(c3ccc(N(c4ccccc4)c4cccc5ccccc45)cc3)C=C2)c2cccc3ccccc23)C=C1. The number of para-hydroxylation sites is 1. The second-order valence-corrected chi connectivity index (χ2v) is 12.8. The first-order chi connectivity index (χ1) is 23.3. The highest BCUT2D eigenvalue weighted by Crippen LogP contribution is 2.42. The van der Waals surface area contributed by atoms with E-state index in [4.69, 9.17) is 0 Å². The molecule has 0 radical (unpaired) electrons. The zero-order valence-corrected chi connectivity index (χ0v) is 26.6. The van der Waals surface area contributed by atoms with Crippen molar-refractivity contribution in [2.75, 3.05) is 4.90 Å². The Morgan fingerprint density at radius 1 is 0.574 bits per heavy atom. The maximum Gasteiger partial charge on any atom is 0.0540 e. The molecule has 0 aliphatic heterocycles. The fourth-order valence-corrected chi connectivity index (χ4v) is 7.56. The molecule has 8 rings (SSSR count). The monoisotopic (exact) mass is 605 g/mol. The van der Waals surface area contributed by atoms with Crippen molar-refractivity contribution in [2.24, 2.45) is 5.92 Å². The Bertz CT molecular complexity index is 2120. The summed E-state index contributed by atoms with van der Waals surface area (Å²) >= 11 is 0. The van der Waals surface area contributed by atoms with Gasteiger partial charge in [0, 0.05) is 22.7 Å². The number of nitrogens with zero attached hydrogens (tertiary/aromatic N) is 1. The molecule has 3 atom stereocenters. The molecule has 1 nitrogen and oxygen atoms in total. The van der Waals surface area contributed by atoms with Crippen molar-refractivity contribution < 1.29 is 0 Å². The van der Waals surface area contributed by atoms with Gasteiger partial charge in [0.1, 0.15) is 0 Å². The lowest BCUT2D eigenvalue weighted by molar-refractivity contribution is 0.507. The Kier molecular flexibility index (Phi) is 8.12. The summed E-state index contributed by atoms with van der Waals surface area (Å²) in [6.07, 6.45) is 19.7. The number of hydrogen-bond donors (Lipinski definition) is 0. The van der Waals surface area contributed by atoms with Gasteiger partial charge in [-0.3, -0.25) is 0 Å². The zero-order valence-electron chi connectivity index (χ0n) is 26.6. The zero-order chi connectivity index (χ0) is 31.4. The summed E-state index contributed by atoms with van der Waals surface area (Å²) in [6, 6.07) is 50.8. The summed E-state index contributed by atoms with van der Waals surface area (Å²) in [5.41, 5.74) is 7.79. The predicted molar refractivity (Wildman–Crippen MR) is 201 cm³/mol. The third kappa shape index (κ3) is 5.98. The van der Waals surface area contributed by atoms with E-state index >= 15 is 0 Å². The van der Waals surface area contributed by atoms with Gasteiger partial charge in [0.25, 0.3) is 0 Å². The topological polar surface area (TPSA) is 3.24 Å². The maximum absolute atomic E-state index is 2.49. The second-order valence-electron chi connectivity index (χ2n) is 12.8. The molecule has 0 N–H and O–H groups in total. The van der Waals surface area contributed by atoms with Crippen LogP contribution >= 0.6 is 0 Å². The van der Waals surface area contributed by atoms with E-state index in [0.717, 1.165) is 24.9 Å². The second kappa shape index (κ2) is 13.1. The van der Waals surface area contributed by atoms with Crippen molar-refractivity contribution in [1.29, 1.82) is 0 Å². The molecule has 0 saturated carbocycles. The van der Waals surface area contributed by atoms with Gasteiger partial charge in [-0.1, -0.05) is 157 Å². The minimum Gasteiger partial charge on any atom is -0.310 e. The van der Waals surface area contributed by atoms with E-state index in [1.165, 1.54) is 49.6 Å². The summed E-state index contributed by atoms with van der Waals surface area (Å²) in [6.45, 7) is 0. The molecule has 0 bridgehead atoms. The highest BCUT2D eigenvalue weighted by atomic mass is 15.1. The molecule has 6 aromatic carbocycles. The van der Waals surface area contributed by atoms with Crippen LogP contribution in [0.3, 0.4) is 0 Å². The van der Waals surface area contributed by atoms with E-state index in [-0.39, 0.29) is 0 Å². The summed E-state index contributed by atoms with van der Waals surface area (Å²) in [4.78, 5) is 2.38. The number of anilines is 3. The van der Waals surface area contributed by atoms with Crippen LogP contribution in [0.5, 0.6) is 0 Å². The summed E-state index contributed by atoms with van der Waals surface area (Å²) in [5.74, 6) is 1.32. The van der Waals surface area contributed by atoms with E-state index in [2.05, 4.69) is 187 Å². The lowest BCUT2D eigenvalue weighted by atomic mass is 9.76. The smallest absolute Gasteiger partial charge is 0.0540 e. The first kappa shape index (κ1) is 29.0. The van der Waals surface area contributed by atoms with E-state index in [0.29, 0.717) is 17.8 Å². The molecule has 3 unspecified atom stereocenters. The van der Waals surface area contributed by atoms with Gasteiger partial charge in [0.2, 0.25) is 0 Å². The largest absolute Gasteiger partial charge is 0.310 e. The number of allylic oxidation sites excluding steroid dienone is 8. The molecule has 228 valence electrons. The Labute approximate surface area is 278 Å². The van der Waals surface area contributed by atoms with E-state index in [9.17, 15) is 0 Å². The van der Waals surface area contributed by atoms with Crippen LogP contribution in [0.15, 0.2) is 188 Å². The Morgan fingerprint density at radius 2 is 1.26 bits per heavy atom. The molecule has 2 aliphatic carbocycles. The van der Waals surface area contributed by atoms with E-state index < -0.39 is 0 Å². The van der Waals surface area contributed by atoms with Crippen molar-refractivity contribution in [3.8, 4) is 0 Å². The van der Waals surface area contributed by atoms with Crippen LogP contribution in [0.25, 0.3) is 21.5 Å². The predicted octanol–water partition coefficient (Wildman–Crippen LogP) is 12.7. The third-order valence-electron chi connectivity index (χ3n) is 9.99. The van der Waals surface area contributed by atoms with Crippen molar-refractivity contribution in [1.82, 2.24) is 0 Å². The highest BCUT2D eigenvalue weighted by Gasteiger charge is 2.25. The van der Waals surface area contributed by atoms with Crippen molar-refractivity contribution in [2.45, 2.75) is 31.1 Å². The molecule has 2 aliphatic rings. The third-order valence-corrected chi connectivity index (χ3v) is 9.99. The molecule has 0 spiro atoms. The van der Waals surface area contributed by atoms with Gasteiger partial charge in [-0.05, 0) is 88.7 Å². The van der Waals surface area contributed by atoms with Gasteiger partial charge in [-0.15, -0.1) is 0 Å². The molecule has 47 heavy (non-hydrogen) atoms. The lowest BCUT2D eigenvalue weighted by Gasteiger charge is -2.29. The van der Waals surface area contributed by atoms with Crippen LogP contribution in [0.2, 0.25) is 0 Å². The first-order valence-corrected chi connectivity index (χ1v) is 16.9. The average molecular weight is 606 g/mol. The molecule has 0 heterocycles. The summed E-state index contributed by atoms with van der Waals surface area (Å²) < 4.78 is 0. The minimum atomic E-state index is 0.379. The van der Waals surface area contributed by atoms with Gasteiger partial charge < -0.3 is 4.90 Å². The molecular weight excluding hydrogens is 567 g/mol. The molecule has 0 saturated heterocycles. The Morgan fingerprint density at radius 3 is 2.00 bits per heavy atom. The van der Waals surface area contributed by atoms with Gasteiger partial charge in [0.05, 0.1) is 5.69 Å². The number of fused-ring (bicyclic) bond motifs is 2. The van der Waals surface area contributed by atoms with Crippen LogP contribution in [0.1, 0.15) is 42.2 Å². The van der Waals surface area contributed by atoms with Crippen LogP contribution in [0, 0.1) is 5.92 Å². The summed E-state index contributed by atoms with van der Waals surface area (Å²) in [5, 5.41) is 5.20. The molecular formula is C46H39N. The fraction of sp³-hybridized carbons (Fsp3) is 0.130. The van der Waals surface area contributed by atoms with Gasteiger partial charge >= 0.3 is 0 Å².